The van der Waals surface area contributed by atoms with Crippen LogP contribution in [0, 0.1) is 0 Å². The van der Waals surface area contributed by atoms with Gasteiger partial charge in [0.05, 0.1) is 13.2 Å². The number of hydrogen-bond acceptors (Lipinski definition) is 4. The van der Waals surface area contributed by atoms with Crippen LogP contribution in [0.4, 0.5) is 0 Å². The third kappa shape index (κ3) is 3.42. The zero-order valence-electron chi connectivity index (χ0n) is 11.9. The summed E-state index contributed by atoms with van der Waals surface area (Å²) in [5.41, 5.74) is 0.655. The zero-order chi connectivity index (χ0) is 14.5. The number of carbonyl (C=O) groups excluding carboxylic acids is 1. The Hall–Kier alpha value is -1.75. The first kappa shape index (κ1) is 14.7. The highest BCUT2D eigenvalue weighted by molar-refractivity contribution is 5.81. The summed E-state index contributed by atoms with van der Waals surface area (Å²) in [7, 11) is 1.57. The van der Waals surface area contributed by atoms with Gasteiger partial charge in [-0.05, 0) is 38.3 Å². The number of rotatable bonds is 4. The maximum Gasteiger partial charge on any atom is 0.261 e. The van der Waals surface area contributed by atoms with Crippen molar-refractivity contribution in [2.45, 2.75) is 38.4 Å². The minimum absolute atomic E-state index is 0.0955. The van der Waals surface area contributed by atoms with E-state index in [1.165, 1.54) is 0 Å². The van der Waals surface area contributed by atoms with Crippen LogP contribution in [0.1, 0.15) is 37.9 Å². The van der Waals surface area contributed by atoms with Crippen molar-refractivity contribution >= 4 is 5.91 Å². The molecule has 1 heterocycles. The Morgan fingerprint density at radius 3 is 2.90 bits per heavy atom. The first-order valence-electron chi connectivity index (χ1n) is 6.92. The van der Waals surface area contributed by atoms with Crippen molar-refractivity contribution in [3.8, 4) is 11.5 Å². The van der Waals surface area contributed by atoms with Gasteiger partial charge in [0.25, 0.3) is 5.91 Å². The summed E-state index contributed by atoms with van der Waals surface area (Å²) in [6.07, 6.45) is 1.42. The number of carbonyl (C=O) groups is 1. The molecule has 1 unspecified atom stereocenters. The van der Waals surface area contributed by atoms with E-state index in [1.807, 2.05) is 0 Å². The van der Waals surface area contributed by atoms with E-state index < -0.39 is 12.2 Å². The van der Waals surface area contributed by atoms with E-state index in [-0.39, 0.29) is 5.91 Å². The van der Waals surface area contributed by atoms with Crippen molar-refractivity contribution in [3.05, 3.63) is 23.8 Å². The molecule has 1 aromatic carbocycles. The van der Waals surface area contributed by atoms with Crippen LogP contribution in [0.15, 0.2) is 18.2 Å². The molecule has 0 aliphatic carbocycles. The highest BCUT2D eigenvalue weighted by atomic mass is 16.5. The van der Waals surface area contributed by atoms with Gasteiger partial charge in [0.15, 0.2) is 6.10 Å². The normalized spacial score (nSPS) is 20.8. The average Bonchev–Trinajstić information content (AvgIpc) is 2.64. The third-order valence-electron chi connectivity index (χ3n) is 3.42. The predicted molar refractivity (Wildman–Crippen MR) is 74.9 cm³/mol. The minimum Gasteiger partial charge on any atom is -0.497 e. The average molecular weight is 279 g/mol. The van der Waals surface area contributed by atoms with Gasteiger partial charge in [-0.1, -0.05) is 0 Å². The van der Waals surface area contributed by atoms with E-state index >= 15 is 0 Å². The Kier molecular flexibility index (Phi) is 4.84. The Morgan fingerprint density at radius 2 is 2.20 bits per heavy atom. The Balaban J connectivity index is 2.23. The summed E-state index contributed by atoms with van der Waals surface area (Å²) >= 11 is 0. The number of nitrogens with one attached hydrogen (secondary N) is 1. The molecule has 1 aliphatic heterocycles. The van der Waals surface area contributed by atoms with Crippen LogP contribution >= 0.6 is 0 Å². The van der Waals surface area contributed by atoms with E-state index in [0.717, 1.165) is 12.8 Å². The topological polar surface area (TPSA) is 67.8 Å². The predicted octanol–water partition coefficient (Wildman–Crippen LogP) is 1.80. The summed E-state index contributed by atoms with van der Waals surface area (Å²) in [5, 5.41) is 12.6. The molecule has 1 saturated heterocycles. The van der Waals surface area contributed by atoms with Crippen LogP contribution in [0.3, 0.4) is 0 Å². The van der Waals surface area contributed by atoms with Gasteiger partial charge in [0, 0.05) is 18.2 Å². The summed E-state index contributed by atoms with van der Waals surface area (Å²) < 4.78 is 11.0. The van der Waals surface area contributed by atoms with E-state index in [4.69, 9.17) is 9.47 Å². The van der Waals surface area contributed by atoms with Crippen molar-refractivity contribution < 1.29 is 19.4 Å². The zero-order valence-corrected chi connectivity index (χ0v) is 11.9. The lowest BCUT2D eigenvalue weighted by Gasteiger charge is -2.20. The molecule has 0 bridgehead atoms. The smallest absolute Gasteiger partial charge is 0.261 e. The highest BCUT2D eigenvalue weighted by Crippen LogP contribution is 2.31. The lowest BCUT2D eigenvalue weighted by Crippen LogP contribution is -2.36. The van der Waals surface area contributed by atoms with Gasteiger partial charge in [0.2, 0.25) is 0 Å². The number of ether oxygens (including phenoxy) is 2. The standard InChI is InChI=1S/C15H21NO4/c1-10(17)12-7-6-11(19-2)9-14(12)20-13-5-3-4-8-16-15(13)18/h6-7,9-10,13,17H,3-5,8H2,1-2H3,(H,16,18)/t10-,13?/m0/s1. The lowest BCUT2D eigenvalue weighted by atomic mass is 10.1. The minimum atomic E-state index is -0.662. The number of benzene rings is 1. The fourth-order valence-electron chi connectivity index (χ4n) is 2.27. The van der Waals surface area contributed by atoms with E-state index in [9.17, 15) is 9.90 Å². The lowest BCUT2D eigenvalue weighted by molar-refractivity contribution is -0.127. The fraction of sp³-hybridized carbons (Fsp3) is 0.533. The second kappa shape index (κ2) is 6.61. The molecule has 0 radical (unpaired) electrons. The van der Waals surface area contributed by atoms with Crippen molar-refractivity contribution in [1.82, 2.24) is 5.32 Å². The van der Waals surface area contributed by atoms with E-state index in [2.05, 4.69) is 5.32 Å². The van der Waals surface area contributed by atoms with Gasteiger partial charge in [-0.15, -0.1) is 0 Å². The Labute approximate surface area is 118 Å². The number of amides is 1. The van der Waals surface area contributed by atoms with Crippen LogP contribution < -0.4 is 14.8 Å². The second-order valence-electron chi connectivity index (χ2n) is 4.97. The molecule has 20 heavy (non-hydrogen) atoms. The molecule has 2 N–H and O–H groups in total. The first-order valence-corrected chi connectivity index (χ1v) is 6.92. The monoisotopic (exact) mass is 279 g/mol. The van der Waals surface area contributed by atoms with Gasteiger partial charge < -0.3 is 19.9 Å². The van der Waals surface area contributed by atoms with Gasteiger partial charge in [-0.25, -0.2) is 0 Å². The Morgan fingerprint density at radius 1 is 1.40 bits per heavy atom. The van der Waals surface area contributed by atoms with Crippen LogP contribution in [0.2, 0.25) is 0 Å². The number of methoxy groups -OCH3 is 1. The summed E-state index contributed by atoms with van der Waals surface area (Å²) in [6.45, 7) is 2.36. The molecule has 0 saturated carbocycles. The molecule has 2 atom stereocenters. The number of aliphatic hydroxyl groups excluding tert-OH is 1. The number of aliphatic hydroxyl groups is 1. The quantitative estimate of drug-likeness (QED) is 0.882. The van der Waals surface area contributed by atoms with Crippen LogP contribution in [-0.4, -0.2) is 30.8 Å². The van der Waals surface area contributed by atoms with Crippen LogP contribution in [0.25, 0.3) is 0 Å². The van der Waals surface area contributed by atoms with Crippen molar-refractivity contribution in [2.24, 2.45) is 0 Å². The van der Waals surface area contributed by atoms with Crippen molar-refractivity contribution in [1.29, 1.82) is 0 Å². The summed E-state index contributed by atoms with van der Waals surface area (Å²) in [6, 6.07) is 5.23. The Bertz CT molecular complexity index is 473. The summed E-state index contributed by atoms with van der Waals surface area (Å²) in [5.74, 6) is 1.04. The highest BCUT2D eigenvalue weighted by Gasteiger charge is 2.24. The maximum atomic E-state index is 11.9. The summed E-state index contributed by atoms with van der Waals surface area (Å²) in [4.78, 5) is 11.9. The molecule has 1 aromatic rings. The molecular formula is C15H21NO4. The largest absolute Gasteiger partial charge is 0.497 e. The second-order valence-corrected chi connectivity index (χ2v) is 4.97. The number of hydrogen-bond donors (Lipinski definition) is 2. The maximum absolute atomic E-state index is 11.9. The fourth-order valence-corrected chi connectivity index (χ4v) is 2.27. The van der Waals surface area contributed by atoms with Crippen LogP contribution in [-0.2, 0) is 4.79 Å². The van der Waals surface area contributed by atoms with Gasteiger partial charge in [0.1, 0.15) is 11.5 Å². The van der Waals surface area contributed by atoms with E-state index in [1.54, 1.807) is 32.2 Å². The van der Waals surface area contributed by atoms with Gasteiger partial charge in [-0.2, -0.15) is 0 Å². The van der Waals surface area contributed by atoms with E-state index in [0.29, 0.717) is 30.0 Å². The molecule has 110 valence electrons. The van der Waals surface area contributed by atoms with Crippen LogP contribution in [0.5, 0.6) is 11.5 Å². The molecule has 5 nitrogen and oxygen atoms in total. The van der Waals surface area contributed by atoms with Gasteiger partial charge >= 0.3 is 0 Å². The molecule has 1 amide bonds. The molecule has 1 aliphatic rings. The first-order chi connectivity index (χ1) is 9.61. The van der Waals surface area contributed by atoms with Gasteiger partial charge in [-0.3, -0.25) is 4.79 Å². The molecule has 5 heteroatoms. The van der Waals surface area contributed by atoms with Crippen molar-refractivity contribution in [3.63, 3.8) is 0 Å². The molecule has 1 fully saturated rings. The molecular weight excluding hydrogens is 258 g/mol. The molecule has 0 aromatic heterocycles. The molecule has 0 spiro atoms. The van der Waals surface area contributed by atoms with Crippen molar-refractivity contribution in [2.75, 3.05) is 13.7 Å². The SMILES string of the molecule is COc1ccc([C@H](C)O)c(OC2CCCCNC2=O)c1. The molecule has 2 rings (SSSR count). The third-order valence-corrected chi connectivity index (χ3v) is 3.42.